The second-order valence-electron chi connectivity index (χ2n) is 6.25. The van der Waals surface area contributed by atoms with E-state index in [2.05, 4.69) is 32.8 Å². The van der Waals surface area contributed by atoms with E-state index in [1.165, 1.54) is 11.3 Å². The number of fused-ring (bicyclic) bond motifs is 4. The van der Waals surface area contributed by atoms with Crippen molar-refractivity contribution in [2.24, 2.45) is 0 Å². The van der Waals surface area contributed by atoms with Crippen LogP contribution in [0.15, 0.2) is 0 Å². The Morgan fingerprint density at radius 3 is 2.89 bits per heavy atom. The molecule has 0 spiro atoms. The number of ether oxygens (including phenoxy) is 1. The zero-order valence-electron chi connectivity index (χ0n) is 11.4. The highest BCUT2D eigenvalue weighted by Crippen LogP contribution is 2.45. The summed E-state index contributed by atoms with van der Waals surface area (Å²) >= 11 is 2.24. The monoisotopic (exact) mass is 375 g/mol. The highest BCUT2D eigenvalue weighted by atomic mass is 127. The molecule has 1 N–H and O–H groups in total. The molecule has 3 heterocycles. The number of nitrogens with zero attached hydrogens (tertiary/aromatic N) is 2. The van der Waals surface area contributed by atoms with Gasteiger partial charge < -0.3 is 4.74 Å². The van der Waals surface area contributed by atoms with Crippen LogP contribution < -0.4 is 0 Å². The fraction of sp³-hybridized carbons (Fsp3) is 0.692. The van der Waals surface area contributed by atoms with Crippen molar-refractivity contribution in [3.63, 3.8) is 0 Å². The van der Waals surface area contributed by atoms with Gasteiger partial charge in [0.2, 0.25) is 0 Å². The molecule has 0 aliphatic carbocycles. The van der Waals surface area contributed by atoms with E-state index in [4.69, 9.17) is 4.74 Å². The summed E-state index contributed by atoms with van der Waals surface area (Å²) < 4.78 is 6.52. The van der Waals surface area contributed by atoms with Crippen molar-refractivity contribution in [1.82, 2.24) is 15.1 Å². The van der Waals surface area contributed by atoms with Gasteiger partial charge in [0.1, 0.15) is 9.30 Å². The second kappa shape index (κ2) is 4.36. The molecule has 1 amide bonds. The molecular weight excluding hydrogens is 357 g/mol. The van der Waals surface area contributed by atoms with Gasteiger partial charge in [-0.15, -0.1) is 0 Å². The molecule has 5 nitrogen and oxygen atoms in total. The molecule has 104 valence electrons. The molecule has 2 aliphatic rings. The lowest BCUT2D eigenvalue weighted by molar-refractivity contribution is 0.0123. The number of amides is 1. The Morgan fingerprint density at radius 2 is 2.21 bits per heavy atom. The molecule has 1 aromatic heterocycles. The summed E-state index contributed by atoms with van der Waals surface area (Å²) in [5.41, 5.74) is 1.94. The maximum absolute atomic E-state index is 12.4. The van der Waals surface area contributed by atoms with Crippen LogP contribution in [0.2, 0.25) is 0 Å². The van der Waals surface area contributed by atoms with Gasteiger partial charge in [-0.25, -0.2) is 4.79 Å². The van der Waals surface area contributed by atoms with Crippen LogP contribution in [-0.2, 0) is 11.2 Å². The molecule has 1 aromatic rings. The summed E-state index contributed by atoms with van der Waals surface area (Å²) in [6.07, 6.45) is 2.72. The maximum atomic E-state index is 12.4. The Hall–Kier alpha value is -0.790. The van der Waals surface area contributed by atoms with Crippen molar-refractivity contribution in [1.29, 1.82) is 0 Å². The zero-order valence-corrected chi connectivity index (χ0v) is 13.5. The standard InChI is InChI=1S/C13H18IN3O2/c1-13(2,3)19-12(18)17-7-4-5-9(17)10-8(6-7)15-16-11(10)14/h7,9H,4-6H2,1-3H3,(H,15,16)/t7-,9+/m0/s1. The zero-order chi connectivity index (χ0) is 13.8. The number of nitrogens with one attached hydrogen (secondary N) is 1. The van der Waals surface area contributed by atoms with Gasteiger partial charge in [-0.1, -0.05) is 0 Å². The molecule has 3 rings (SSSR count). The molecule has 19 heavy (non-hydrogen) atoms. The van der Waals surface area contributed by atoms with Crippen LogP contribution in [0.5, 0.6) is 0 Å². The van der Waals surface area contributed by atoms with E-state index in [1.807, 2.05) is 25.7 Å². The molecule has 0 aromatic carbocycles. The Labute approximate surface area is 126 Å². The van der Waals surface area contributed by atoms with E-state index in [9.17, 15) is 4.79 Å². The predicted molar refractivity (Wildman–Crippen MR) is 78.8 cm³/mol. The lowest BCUT2D eigenvalue weighted by Crippen LogP contribution is -2.44. The highest BCUT2D eigenvalue weighted by molar-refractivity contribution is 14.1. The SMILES string of the molecule is CC(C)(C)OC(=O)N1[C@H]2CC[C@@H]1c1c(I)n[nH]c1C2. The van der Waals surface area contributed by atoms with E-state index in [-0.39, 0.29) is 18.2 Å². The van der Waals surface area contributed by atoms with E-state index in [0.717, 1.165) is 23.0 Å². The van der Waals surface area contributed by atoms with Crippen LogP contribution in [-0.4, -0.2) is 32.8 Å². The first-order chi connectivity index (χ1) is 8.87. The summed E-state index contributed by atoms with van der Waals surface area (Å²) in [4.78, 5) is 14.3. The number of aromatic nitrogens is 2. The molecule has 1 fully saturated rings. The van der Waals surface area contributed by atoms with E-state index >= 15 is 0 Å². The van der Waals surface area contributed by atoms with Gasteiger partial charge in [0, 0.05) is 23.7 Å². The van der Waals surface area contributed by atoms with Crippen LogP contribution in [0.4, 0.5) is 4.79 Å². The normalized spacial score (nSPS) is 25.4. The summed E-state index contributed by atoms with van der Waals surface area (Å²) in [7, 11) is 0. The summed E-state index contributed by atoms with van der Waals surface area (Å²) in [5.74, 6) is 0. The lowest BCUT2D eigenvalue weighted by atomic mass is 10.0. The Morgan fingerprint density at radius 1 is 1.47 bits per heavy atom. The number of carbonyl (C=O) groups is 1. The van der Waals surface area contributed by atoms with Gasteiger partial charge in [0.25, 0.3) is 0 Å². The summed E-state index contributed by atoms with van der Waals surface area (Å²) in [6, 6.07) is 0.387. The van der Waals surface area contributed by atoms with E-state index in [0.29, 0.717) is 0 Å². The van der Waals surface area contributed by atoms with Crippen LogP contribution in [0, 0.1) is 3.70 Å². The van der Waals surface area contributed by atoms with Crippen molar-refractivity contribution >= 4 is 28.7 Å². The first kappa shape index (κ1) is 13.2. The van der Waals surface area contributed by atoms with Gasteiger partial charge in [-0.3, -0.25) is 10.00 Å². The first-order valence-electron chi connectivity index (χ1n) is 6.61. The minimum Gasteiger partial charge on any atom is -0.444 e. The van der Waals surface area contributed by atoms with Crippen LogP contribution in [0.3, 0.4) is 0 Å². The molecule has 2 atom stereocenters. The molecule has 0 saturated carbocycles. The van der Waals surface area contributed by atoms with Crippen molar-refractivity contribution in [3.8, 4) is 0 Å². The van der Waals surface area contributed by atoms with Crippen molar-refractivity contribution in [3.05, 3.63) is 15.0 Å². The highest BCUT2D eigenvalue weighted by Gasteiger charge is 2.46. The van der Waals surface area contributed by atoms with Gasteiger partial charge in [-0.05, 0) is 56.2 Å². The molecule has 2 aliphatic heterocycles. The number of carbonyl (C=O) groups excluding carboxylic acids is 1. The fourth-order valence-electron chi connectivity index (χ4n) is 3.05. The number of halogens is 1. The van der Waals surface area contributed by atoms with E-state index < -0.39 is 5.60 Å². The average molecular weight is 375 g/mol. The van der Waals surface area contributed by atoms with Gasteiger partial charge in [-0.2, -0.15) is 5.10 Å². The van der Waals surface area contributed by atoms with Gasteiger partial charge in [0.15, 0.2) is 0 Å². The minimum absolute atomic E-state index is 0.134. The first-order valence-corrected chi connectivity index (χ1v) is 7.68. The molecule has 2 bridgehead atoms. The third-order valence-corrected chi connectivity index (χ3v) is 4.54. The van der Waals surface area contributed by atoms with Gasteiger partial charge in [0.05, 0.1) is 6.04 Å². The number of aromatic amines is 1. The Bertz CT molecular complexity index is 520. The van der Waals surface area contributed by atoms with Crippen molar-refractivity contribution < 1.29 is 9.53 Å². The topological polar surface area (TPSA) is 58.2 Å². The second-order valence-corrected chi connectivity index (χ2v) is 7.27. The molecule has 0 unspecified atom stereocenters. The number of H-pyrrole nitrogens is 1. The Kier molecular flexibility index (Phi) is 3.03. The number of hydrogen-bond donors (Lipinski definition) is 1. The summed E-state index contributed by atoms with van der Waals surface area (Å²) in [5, 5.41) is 7.37. The summed E-state index contributed by atoms with van der Waals surface area (Å²) in [6.45, 7) is 5.72. The van der Waals surface area contributed by atoms with E-state index in [1.54, 1.807) is 0 Å². The maximum Gasteiger partial charge on any atom is 0.411 e. The minimum atomic E-state index is -0.444. The molecular formula is C13H18IN3O2. The smallest absolute Gasteiger partial charge is 0.411 e. The van der Waals surface area contributed by atoms with Crippen molar-refractivity contribution in [2.45, 2.75) is 57.7 Å². The van der Waals surface area contributed by atoms with Crippen LogP contribution in [0.25, 0.3) is 0 Å². The average Bonchev–Trinajstić information content (AvgIpc) is 2.78. The van der Waals surface area contributed by atoms with Gasteiger partial charge >= 0.3 is 6.09 Å². The van der Waals surface area contributed by atoms with Crippen molar-refractivity contribution in [2.75, 3.05) is 0 Å². The quantitative estimate of drug-likeness (QED) is 0.710. The largest absolute Gasteiger partial charge is 0.444 e. The molecule has 6 heteroatoms. The third kappa shape index (κ3) is 2.23. The van der Waals surface area contributed by atoms with Crippen LogP contribution in [0.1, 0.15) is 50.9 Å². The predicted octanol–water partition coefficient (Wildman–Crippen LogP) is 3.01. The number of rotatable bonds is 0. The van der Waals surface area contributed by atoms with Crippen LogP contribution >= 0.6 is 22.6 Å². The number of hydrogen-bond acceptors (Lipinski definition) is 3. The lowest BCUT2D eigenvalue weighted by Gasteiger charge is -2.35. The molecule has 0 radical (unpaired) electrons. The molecule has 1 saturated heterocycles. The fourth-order valence-corrected chi connectivity index (χ4v) is 3.85. The third-order valence-electron chi connectivity index (χ3n) is 3.72. The Balaban J connectivity index is 1.90.